The molecule has 0 aliphatic carbocycles. The van der Waals surface area contributed by atoms with E-state index in [1.807, 2.05) is 18.2 Å². The van der Waals surface area contributed by atoms with Gasteiger partial charge >= 0.3 is 0 Å². The van der Waals surface area contributed by atoms with Gasteiger partial charge in [-0.1, -0.05) is 24.3 Å². The molecular weight excluding hydrogens is 263 g/mol. The standard InChI is InChI=1S/C18H21FN2/c1-14-7-8-16(13-18(14)19)20-15-9-11-21(12-10-15)17-5-3-2-4-6-17/h2-8,13,15,20H,9-12H2,1H3. The highest BCUT2D eigenvalue weighted by Gasteiger charge is 2.19. The highest BCUT2D eigenvalue weighted by molar-refractivity contribution is 5.48. The van der Waals surface area contributed by atoms with E-state index in [1.165, 1.54) is 5.69 Å². The van der Waals surface area contributed by atoms with Crippen LogP contribution in [-0.2, 0) is 0 Å². The van der Waals surface area contributed by atoms with Gasteiger partial charge in [0.25, 0.3) is 0 Å². The van der Waals surface area contributed by atoms with E-state index in [9.17, 15) is 4.39 Å². The minimum absolute atomic E-state index is 0.137. The predicted octanol–water partition coefficient (Wildman–Crippen LogP) is 4.22. The van der Waals surface area contributed by atoms with Gasteiger partial charge < -0.3 is 10.2 Å². The van der Waals surface area contributed by atoms with Crippen molar-refractivity contribution >= 4 is 11.4 Å². The number of rotatable bonds is 3. The monoisotopic (exact) mass is 284 g/mol. The Balaban J connectivity index is 1.57. The summed E-state index contributed by atoms with van der Waals surface area (Å²) in [7, 11) is 0. The second-order valence-electron chi connectivity index (χ2n) is 5.71. The van der Waals surface area contributed by atoms with Crippen LogP contribution >= 0.6 is 0 Å². The molecule has 21 heavy (non-hydrogen) atoms. The maximum absolute atomic E-state index is 13.6. The minimum atomic E-state index is -0.137. The molecule has 1 saturated heterocycles. The maximum Gasteiger partial charge on any atom is 0.128 e. The number of aryl methyl sites for hydroxylation is 1. The molecule has 3 heteroatoms. The van der Waals surface area contributed by atoms with E-state index in [-0.39, 0.29) is 5.82 Å². The number of benzene rings is 2. The fraction of sp³-hybridized carbons (Fsp3) is 0.333. The maximum atomic E-state index is 13.6. The molecule has 0 unspecified atom stereocenters. The second kappa shape index (κ2) is 6.17. The summed E-state index contributed by atoms with van der Waals surface area (Å²) in [5.41, 5.74) is 2.87. The second-order valence-corrected chi connectivity index (χ2v) is 5.71. The number of nitrogens with one attached hydrogen (secondary N) is 1. The van der Waals surface area contributed by atoms with Crippen LogP contribution in [0.2, 0.25) is 0 Å². The van der Waals surface area contributed by atoms with Crippen LogP contribution in [0.25, 0.3) is 0 Å². The zero-order chi connectivity index (χ0) is 14.7. The molecule has 1 aliphatic rings. The minimum Gasteiger partial charge on any atom is -0.382 e. The molecule has 0 spiro atoms. The fourth-order valence-electron chi connectivity index (χ4n) is 2.84. The van der Waals surface area contributed by atoms with Crippen molar-refractivity contribution in [2.75, 3.05) is 23.3 Å². The lowest BCUT2D eigenvalue weighted by molar-refractivity contribution is 0.526. The molecule has 2 aromatic rings. The molecule has 1 fully saturated rings. The lowest BCUT2D eigenvalue weighted by Gasteiger charge is -2.34. The van der Waals surface area contributed by atoms with Gasteiger partial charge in [0.2, 0.25) is 0 Å². The fourth-order valence-corrected chi connectivity index (χ4v) is 2.84. The van der Waals surface area contributed by atoms with Gasteiger partial charge in [0.1, 0.15) is 5.82 Å². The van der Waals surface area contributed by atoms with E-state index in [4.69, 9.17) is 0 Å². The van der Waals surface area contributed by atoms with Gasteiger partial charge in [-0.05, 0) is 49.6 Å². The Labute approximate surface area is 125 Å². The summed E-state index contributed by atoms with van der Waals surface area (Å²) >= 11 is 0. The van der Waals surface area contributed by atoms with Crippen LogP contribution in [0.5, 0.6) is 0 Å². The van der Waals surface area contributed by atoms with Crippen LogP contribution in [0.1, 0.15) is 18.4 Å². The van der Waals surface area contributed by atoms with E-state index >= 15 is 0 Å². The van der Waals surface area contributed by atoms with E-state index in [0.717, 1.165) is 31.6 Å². The van der Waals surface area contributed by atoms with Gasteiger partial charge in [-0.3, -0.25) is 0 Å². The van der Waals surface area contributed by atoms with Crippen molar-refractivity contribution in [2.24, 2.45) is 0 Å². The predicted molar refractivity (Wildman–Crippen MR) is 86.4 cm³/mol. The summed E-state index contributed by atoms with van der Waals surface area (Å²) in [6.07, 6.45) is 2.15. The summed E-state index contributed by atoms with van der Waals surface area (Å²) in [5.74, 6) is -0.137. The Morgan fingerprint density at radius 1 is 1.05 bits per heavy atom. The van der Waals surface area contributed by atoms with Crippen LogP contribution in [0.3, 0.4) is 0 Å². The topological polar surface area (TPSA) is 15.3 Å². The largest absolute Gasteiger partial charge is 0.382 e. The van der Waals surface area contributed by atoms with Gasteiger partial charge in [-0.15, -0.1) is 0 Å². The van der Waals surface area contributed by atoms with Gasteiger partial charge in [0, 0.05) is 30.5 Å². The van der Waals surface area contributed by atoms with Crippen LogP contribution in [0, 0.1) is 12.7 Å². The molecule has 0 saturated carbocycles. The first-order chi connectivity index (χ1) is 10.2. The molecule has 1 heterocycles. The first-order valence-electron chi connectivity index (χ1n) is 7.55. The SMILES string of the molecule is Cc1ccc(NC2CCN(c3ccccc3)CC2)cc1F. The quantitative estimate of drug-likeness (QED) is 0.908. The summed E-state index contributed by atoms with van der Waals surface area (Å²) in [6.45, 7) is 3.86. The number of nitrogens with zero attached hydrogens (tertiary/aromatic N) is 1. The molecule has 0 bridgehead atoms. The van der Waals surface area contributed by atoms with E-state index in [2.05, 4.69) is 34.5 Å². The van der Waals surface area contributed by atoms with Crippen molar-refractivity contribution in [3.05, 3.63) is 59.9 Å². The summed E-state index contributed by atoms with van der Waals surface area (Å²) in [6, 6.07) is 16.3. The molecule has 1 aliphatic heterocycles. The Bertz CT molecular complexity index is 589. The van der Waals surface area contributed by atoms with E-state index < -0.39 is 0 Å². The van der Waals surface area contributed by atoms with Crippen molar-refractivity contribution in [1.82, 2.24) is 0 Å². The third kappa shape index (κ3) is 3.35. The molecular formula is C18H21FN2. The molecule has 2 nitrogen and oxygen atoms in total. The molecule has 110 valence electrons. The average molecular weight is 284 g/mol. The average Bonchev–Trinajstić information content (AvgIpc) is 2.53. The first kappa shape index (κ1) is 13.9. The summed E-state index contributed by atoms with van der Waals surface area (Å²) in [4.78, 5) is 2.41. The zero-order valence-corrected chi connectivity index (χ0v) is 12.3. The highest BCUT2D eigenvalue weighted by atomic mass is 19.1. The molecule has 2 aromatic carbocycles. The Kier molecular flexibility index (Phi) is 4.09. The summed E-state index contributed by atoms with van der Waals surface area (Å²) < 4.78 is 13.6. The van der Waals surface area contributed by atoms with Gasteiger partial charge in [0.05, 0.1) is 0 Å². The first-order valence-corrected chi connectivity index (χ1v) is 7.55. The molecule has 0 atom stereocenters. The number of hydrogen-bond donors (Lipinski definition) is 1. The van der Waals surface area contributed by atoms with Crippen molar-refractivity contribution in [3.63, 3.8) is 0 Å². The number of anilines is 2. The zero-order valence-electron chi connectivity index (χ0n) is 12.3. The van der Waals surface area contributed by atoms with Gasteiger partial charge in [-0.2, -0.15) is 0 Å². The molecule has 1 N–H and O–H groups in total. The highest BCUT2D eigenvalue weighted by Crippen LogP contribution is 2.22. The Hall–Kier alpha value is -2.03. The lowest BCUT2D eigenvalue weighted by Crippen LogP contribution is -2.39. The Morgan fingerprint density at radius 3 is 2.43 bits per heavy atom. The van der Waals surface area contributed by atoms with E-state index in [0.29, 0.717) is 11.6 Å². The number of para-hydroxylation sites is 1. The van der Waals surface area contributed by atoms with Crippen LogP contribution < -0.4 is 10.2 Å². The smallest absolute Gasteiger partial charge is 0.128 e. The normalized spacial score (nSPS) is 16.0. The van der Waals surface area contributed by atoms with Crippen LogP contribution in [-0.4, -0.2) is 19.1 Å². The molecule has 0 aromatic heterocycles. The number of hydrogen-bond acceptors (Lipinski definition) is 2. The molecule has 3 rings (SSSR count). The van der Waals surface area contributed by atoms with Gasteiger partial charge in [-0.25, -0.2) is 4.39 Å². The van der Waals surface area contributed by atoms with Crippen molar-refractivity contribution in [1.29, 1.82) is 0 Å². The Morgan fingerprint density at radius 2 is 1.76 bits per heavy atom. The van der Waals surface area contributed by atoms with Crippen LogP contribution in [0.4, 0.5) is 15.8 Å². The summed E-state index contributed by atoms with van der Waals surface area (Å²) in [5, 5.41) is 3.45. The molecule has 0 radical (unpaired) electrons. The number of halogens is 1. The molecule has 0 amide bonds. The van der Waals surface area contributed by atoms with Crippen molar-refractivity contribution in [2.45, 2.75) is 25.8 Å². The third-order valence-corrected chi connectivity index (χ3v) is 4.16. The van der Waals surface area contributed by atoms with Crippen LogP contribution in [0.15, 0.2) is 48.5 Å². The lowest BCUT2D eigenvalue weighted by atomic mass is 10.0. The van der Waals surface area contributed by atoms with E-state index in [1.54, 1.807) is 13.0 Å². The number of piperidine rings is 1. The van der Waals surface area contributed by atoms with Gasteiger partial charge in [0.15, 0.2) is 0 Å². The van der Waals surface area contributed by atoms with Crippen molar-refractivity contribution in [3.8, 4) is 0 Å². The third-order valence-electron chi connectivity index (χ3n) is 4.16. The van der Waals surface area contributed by atoms with Crippen molar-refractivity contribution < 1.29 is 4.39 Å².